The van der Waals surface area contributed by atoms with Crippen LogP contribution in [-0.2, 0) is 19.6 Å². The van der Waals surface area contributed by atoms with E-state index in [1.54, 1.807) is 36.4 Å². The second kappa shape index (κ2) is 7.89. The highest BCUT2D eigenvalue weighted by Gasteiger charge is 2.44. The first-order chi connectivity index (χ1) is 13.4. The van der Waals surface area contributed by atoms with E-state index >= 15 is 0 Å². The third-order valence-corrected chi connectivity index (χ3v) is 6.27. The molecule has 148 valence electrons. The van der Waals surface area contributed by atoms with Crippen LogP contribution in [0.5, 0.6) is 11.5 Å². The molecule has 1 atom stereocenters. The average molecular weight is 404 g/mol. The summed E-state index contributed by atoms with van der Waals surface area (Å²) in [6, 6.07) is 11.3. The molecule has 2 amide bonds. The predicted octanol–water partition coefficient (Wildman–Crippen LogP) is 2.02. The second-order valence-electron chi connectivity index (χ2n) is 6.12. The molecule has 1 unspecified atom stereocenters. The minimum absolute atomic E-state index is 0.0284. The number of hydrogen-bond acceptors (Lipinski definition) is 6. The van der Waals surface area contributed by atoms with Gasteiger partial charge in [0.05, 0.1) is 24.8 Å². The topological polar surface area (TPSA) is 102 Å². The molecule has 1 N–H and O–H groups in total. The van der Waals surface area contributed by atoms with Gasteiger partial charge in [-0.2, -0.15) is 0 Å². The van der Waals surface area contributed by atoms with Gasteiger partial charge in [0.2, 0.25) is 11.8 Å². The van der Waals surface area contributed by atoms with Crippen molar-refractivity contribution in [2.75, 3.05) is 19.5 Å². The Bertz CT molecular complexity index is 991. The minimum Gasteiger partial charge on any atom is -0.497 e. The van der Waals surface area contributed by atoms with Crippen molar-refractivity contribution < 1.29 is 27.5 Å². The van der Waals surface area contributed by atoms with Crippen LogP contribution in [0.1, 0.15) is 12.8 Å². The number of hydrogen-bond donors (Lipinski definition) is 1. The number of benzene rings is 2. The minimum atomic E-state index is -4.14. The summed E-state index contributed by atoms with van der Waals surface area (Å²) >= 11 is 0. The van der Waals surface area contributed by atoms with E-state index in [4.69, 9.17) is 9.47 Å². The first-order valence-electron chi connectivity index (χ1n) is 8.53. The molecule has 0 spiro atoms. The number of methoxy groups -OCH3 is 2. The summed E-state index contributed by atoms with van der Waals surface area (Å²) in [6.45, 7) is 0. The molecule has 28 heavy (non-hydrogen) atoms. The standard InChI is InChI=1S/C19H20N2O6S/c1-26-13-8-10-17(27-2)15(12-13)20-19(23)16-9-11-18(22)21(16)28(24,25)14-6-4-3-5-7-14/h3-8,10,12,16H,9,11H2,1-2H3,(H,20,23). The molecule has 0 saturated carbocycles. The number of rotatable bonds is 6. The van der Waals surface area contributed by atoms with E-state index in [2.05, 4.69) is 5.32 Å². The highest BCUT2D eigenvalue weighted by atomic mass is 32.2. The number of nitrogens with one attached hydrogen (secondary N) is 1. The molecule has 0 bridgehead atoms. The fraction of sp³-hybridized carbons (Fsp3) is 0.263. The molecule has 0 aliphatic carbocycles. The molecule has 3 rings (SSSR count). The van der Waals surface area contributed by atoms with Crippen LogP contribution in [0.4, 0.5) is 5.69 Å². The van der Waals surface area contributed by atoms with Gasteiger partial charge in [-0.3, -0.25) is 9.59 Å². The van der Waals surface area contributed by atoms with Crippen LogP contribution in [0.25, 0.3) is 0 Å². The molecule has 1 aliphatic rings. The molecule has 1 aliphatic heterocycles. The predicted molar refractivity (Wildman–Crippen MR) is 102 cm³/mol. The third-order valence-electron chi connectivity index (χ3n) is 4.43. The van der Waals surface area contributed by atoms with Crippen molar-refractivity contribution in [3.8, 4) is 11.5 Å². The molecule has 2 aromatic rings. The Morgan fingerprint density at radius 1 is 1.11 bits per heavy atom. The van der Waals surface area contributed by atoms with Gasteiger partial charge in [0, 0.05) is 12.5 Å². The summed E-state index contributed by atoms with van der Waals surface area (Å²) in [4.78, 5) is 25.1. The van der Waals surface area contributed by atoms with E-state index in [0.29, 0.717) is 21.5 Å². The Morgan fingerprint density at radius 2 is 1.82 bits per heavy atom. The number of ether oxygens (including phenoxy) is 2. The summed E-state index contributed by atoms with van der Waals surface area (Å²) in [5.41, 5.74) is 0.322. The van der Waals surface area contributed by atoms with Gasteiger partial charge in [0.1, 0.15) is 17.5 Å². The lowest BCUT2D eigenvalue weighted by molar-refractivity contribution is -0.128. The zero-order valence-electron chi connectivity index (χ0n) is 15.4. The van der Waals surface area contributed by atoms with Crippen LogP contribution in [0.2, 0.25) is 0 Å². The highest BCUT2D eigenvalue weighted by Crippen LogP contribution is 2.32. The number of carbonyl (C=O) groups is 2. The first-order valence-corrected chi connectivity index (χ1v) is 9.97. The Hall–Kier alpha value is -3.07. The molecular weight excluding hydrogens is 384 g/mol. The van der Waals surface area contributed by atoms with Gasteiger partial charge in [-0.25, -0.2) is 12.7 Å². The van der Waals surface area contributed by atoms with E-state index in [1.165, 1.54) is 26.4 Å². The molecule has 0 aromatic heterocycles. The molecule has 0 radical (unpaired) electrons. The fourth-order valence-corrected chi connectivity index (χ4v) is 4.66. The molecule has 1 saturated heterocycles. The average Bonchev–Trinajstić information content (AvgIpc) is 3.11. The van der Waals surface area contributed by atoms with E-state index < -0.39 is 27.9 Å². The fourth-order valence-electron chi connectivity index (χ4n) is 3.03. The van der Waals surface area contributed by atoms with Crippen LogP contribution in [-0.4, -0.2) is 44.8 Å². The Kier molecular flexibility index (Phi) is 5.55. The van der Waals surface area contributed by atoms with Gasteiger partial charge in [-0.1, -0.05) is 18.2 Å². The van der Waals surface area contributed by atoms with Gasteiger partial charge in [-0.05, 0) is 30.7 Å². The molecule has 1 heterocycles. The normalized spacial score (nSPS) is 16.7. The second-order valence-corrected chi connectivity index (χ2v) is 7.93. The summed E-state index contributed by atoms with van der Waals surface area (Å²) in [5, 5.41) is 2.65. The molecule has 1 fully saturated rings. The Morgan fingerprint density at radius 3 is 2.46 bits per heavy atom. The van der Waals surface area contributed by atoms with Crippen molar-refractivity contribution in [1.29, 1.82) is 0 Å². The molecule has 9 heteroatoms. The summed E-state index contributed by atoms with van der Waals surface area (Å²) in [7, 11) is -1.21. The number of sulfonamides is 1. The van der Waals surface area contributed by atoms with Crippen molar-refractivity contribution in [3.05, 3.63) is 48.5 Å². The van der Waals surface area contributed by atoms with E-state index in [0.717, 1.165) is 0 Å². The van der Waals surface area contributed by atoms with Crippen molar-refractivity contribution in [2.24, 2.45) is 0 Å². The smallest absolute Gasteiger partial charge is 0.267 e. The summed E-state index contributed by atoms with van der Waals surface area (Å²) in [6.07, 6.45) is 0.0718. The molecule has 2 aromatic carbocycles. The quantitative estimate of drug-likeness (QED) is 0.790. The van der Waals surface area contributed by atoms with Gasteiger partial charge >= 0.3 is 0 Å². The monoisotopic (exact) mass is 404 g/mol. The molecular formula is C19H20N2O6S. The largest absolute Gasteiger partial charge is 0.497 e. The lowest BCUT2D eigenvalue weighted by atomic mass is 10.2. The van der Waals surface area contributed by atoms with Crippen molar-refractivity contribution >= 4 is 27.5 Å². The van der Waals surface area contributed by atoms with Crippen molar-refractivity contribution in [3.63, 3.8) is 0 Å². The van der Waals surface area contributed by atoms with Crippen molar-refractivity contribution in [2.45, 2.75) is 23.8 Å². The van der Waals surface area contributed by atoms with Gasteiger partial charge in [0.25, 0.3) is 10.0 Å². The van der Waals surface area contributed by atoms with E-state index in [1.807, 2.05) is 0 Å². The lowest BCUT2D eigenvalue weighted by Crippen LogP contribution is -2.45. The zero-order chi connectivity index (χ0) is 20.3. The maximum atomic E-state index is 12.9. The lowest BCUT2D eigenvalue weighted by Gasteiger charge is -2.24. The van der Waals surface area contributed by atoms with Gasteiger partial charge in [0.15, 0.2) is 0 Å². The van der Waals surface area contributed by atoms with Gasteiger partial charge < -0.3 is 14.8 Å². The van der Waals surface area contributed by atoms with Crippen LogP contribution < -0.4 is 14.8 Å². The number of nitrogens with zero attached hydrogens (tertiary/aromatic N) is 1. The van der Waals surface area contributed by atoms with Crippen LogP contribution >= 0.6 is 0 Å². The summed E-state index contributed by atoms with van der Waals surface area (Å²) < 4.78 is 36.9. The number of anilines is 1. The number of carbonyl (C=O) groups excluding carboxylic acids is 2. The maximum Gasteiger partial charge on any atom is 0.267 e. The Balaban J connectivity index is 1.90. The SMILES string of the molecule is COc1ccc(OC)c(NC(=O)C2CCC(=O)N2S(=O)(=O)c2ccccc2)c1. The maximum absolute atomic E-state index is 12.9. The van der Waals surface area contributed by atoms with Crippen molar-refractivity contribution in [1.82, 2.24) is 4.31 Å². The van der Waals surface area contributed by atoms with E-state index in [-0.39, 0.29) is 17.7 Å². The number of amides is 2. The van der Waals surface area contributed by atoms with Crippen LogP contribution in [0, 0.1) is 0 Å². The Labute approximate surface area is 163 Å². The third kappa shape index (κ3) is 3.65. The van der Waals surface area contributed by atoms with Gasteiger partial charge in [-0.15, -0.1) is 0 Å². The zero-order valence-corrected chi connectivity index (χ0v) is 16.2. The summed E-state index contributed by atoms with van der Waals surface area (Å²) in [5.74, 6) is -0.346. The van der Waals surface area contributed by atoms with Crippen LogP contribution in [0.3, 0.4) is 0 Å². The van der Waals surface area contributed by atoms with E-state index in [9.17, 15) is 18.0 Å². The highest BCUT2D eigenvalue weighted by molar-refractivity contribution is 7.89. The first kappa shape index (κ1) is 19.7. The molecule has 8 nitrogen and oxygen atoms in total. The van der Waals surface area contributed by atoms with Crippen LogP contribution in [0.15, 0.2) is 53.4 Å².